The summed E-state index contributed by atoms with van der Waals surface area (Å²) < 4.78 is 5.92. The van der Waals surface area contributed by atoms with Gasteiger partial charge in [-0.25, -0.2) is 0 Å². The molecule has 0 unspecified atom stereocenters. The van der Waals surface area contributed by atoms with Gasteiger partial charge < -0.3 is 10.1 Å². The molecule has 0 saturated carbocycles. The Labute approximate surface area is 78.9 Å². The van der Waals surface area contributed by atoms with Gasteiger partial charge in [0.25, 0.3) is 0 Å². The van der Waals surface area contributed by atoms with Gasteiger partial charge in [0.15, 0.2) is 0 Å². The van der Waals surface area contributed by atoms with Crippen LogP contribution in [0.4, 0.5) is 0 Å². The first-order valence-electron chi connectivity index (χ1n) is 4.79. The van der Waals surface area contributed by atoms with E-state index in [1.165, 1.54) is 0 Å². The maximum atomic E-state index is 5.92. The molecule has 2 heteroatoms. The molecule has 0 amide bonds. The van der Waals surface area contributed by atoms with E-state index in [0.29, 0.717) is 0 Å². The first-order chi connectivity index (χ1) is 6.35. The van der Waals surface area contributed by atoms with Gasteiger partial charge >= 0.3 is 0 Å². The average molecular weight is 177 g/mol. The summed E-state index contributed by atoms with van der Waals surface area (Å²) >= 11 is 0. The maximum absolute atomic E-state index is 5.92. The minimum atomic E-state index is 0.0569. The summed E-state index contributed by atoms with van der Waals surface area (Å²) in [6.07, 6.45) is 1.06. The predicted molar refractivity (Wildman–Crippen MR) is 53.0 cm³/mol. The number of hydrogen-bond donors (Lipinski definition) is 1. The lowest BCUT2D eigenvalue weighted by atomic mass is 9.93. The predicted octanol–water partition coefficient (Wildman–Crippen LogP) is 1.82. The van der Waals surface area contributed by atoms with Gasteiger partial charge in [-0.05, 0) is 18.6 Å². The van der Waals surface area contributed by atoms with E-state index in [2.05, 4.69) is 12.2 Å². The monoisotopic (exact) mass is 177 g/mol. The number of ether oxygens (including phenoxy) is 1. The lowest BCUT2D eigenvalue weighted by Crippen LogP contribution is -2.62. The summed E-state index contributed by atoms with van der Waals surface area (Å²) in [4.78, 5) is 0. The van der Waals surface area contributed by atoms with Gasteiger partial charge in [-0.15, -0.1) is 0 Å². The number of nitrogens with one attached hydrogen (secondary N) is 1. The number of benzene rings is 1. The zero-order chi connectivity index (χ0) is 9.15. The van der Waals surface area contributed by atoms with Gasteiger partial charge in [0.2, 0.25) is 0 Å². The molecule has 13 heavy (non-hydrogen) atoms. The molecule has 2 rings (SSSR count). The van der Waals surface area contributed by atoms with Crippen molar-refractivity contribution in [1.82, 2.24) is 5.32 Å². The molecule has 0 spiro atoms. The molecule has 0 radical (unpaired) electrons. The second kappa shape index (κ2) is 3.38. The minimum Gasteiger partial charge on any atom is -0.485 e. The fourth-order valence-electron chi connectivity index (χ4n) is 1.54. The highest BCUT2D eigenvalue weighted by atomic mass is 16.5. The zero-order valence-electron chi connectivity index (χ0n) is 7.92. The van der Waals surface area contributed by atoms with E-state index in [1.54, 1.807) is 0 Å². The molecule has 2 nitrogen and oxygen atoms in total. The smallest absolute Gasteiger partial charge is 0.133 e. The Morgan fingerprint density at radius 1 is 1.31 bits per heavy atom. The van der Waals surface area contributed by atoms with Gasteiger partial charge in [0.05, 0.1) is 0 Å². The van der Waals surface area contributed by atoms with Crippen molar-refractivity contribution < 1.29 is 4.74 Å². The Bertz CT molecular complexity index is 261. The van der Waals surface area contributed by atoms with Crippen molar-refractivity contribution in [3.63, 3.8) is 0 Å². The Morgan fingerprint density at radius 3 is 2.46 bits per heavy atom. The number of para-hydroxylation sites is 1. The molecule has 0 atom stereocenters. The number of hydrogen-bond acceptors (Lipinski definition) is 2. The van der Waals surface area contributed by atoms with Crippen LogP contribution in [-0.2, 0) is 0 Å². The van der Waals surface area contributed by atoms with Crippen molar-refractivity contribution in [2.75, 3.05) is 13.1 Å². The van der Waals surface area contributed by atoms with Gasteiger partial charge in [-0.2, -0.15) is 0 Å². The first-order valence-corrected chi connectivity index (χ1v) is 4.79. The Morgan fingerprint density at radius 2 is 2.00 bits per heavy atom. The fraction of sp³-hybridized carbons (Fsp3) is 0.455. The molecule has 1 aliphatic heterocycles. The molecule has 0 bridgehead atoms. The fourth-order valence-corrected chi connectivity index (χ4v) is 1.54. The van der Waals surface area contributed by atoms with Crippen LogP contribution in [0.1, 0.15) is 13.3 Å². The van der Waals surface area contributed by atoms with Gasteiger partial charge in [-0.3, -0.25) is 0 Å². The van der Waals surface area contributed by atoms with Crippen LogP contribution >= 0.6 is 0 Å². The molecule has 1 N–H and O–H groups in total. The van der Waals surface area contributed by atoms with Crippen LogP contribution in [0.15, 0.2) is 30.3 Å². The number of rotatable bonds is 3. The summed E-state index contributed by atoms with van der Waals surface area (Å²) in [7, 11) is 0. The molecule has 1 heterocycles. The first kappa shape index (κ1) is 8.57. The van der Waals surface area contributed by atoms with Crippen molar-refractivity contribution >= 4 is 0 Å². The summed E-state index contributed by atoms with van der Waals surface area (Å²) in [6.45, 7) is 4.11. The summed E-state index contributed by atoms with van der Waals surface area (Å²) in [5, 5.41) is 3.25. The third-order valence-corrected chi connectivity index (χ3v) is 2.62. The van der Waals surface area contributed by atoms with Crippen molar-refractivity contribution in [3.05, 3.63) is 30.3 Å². The van der Waals surface area contributed by atoms with E-state index in [0.717, 1.165) is 25.3 Å². The molecule has 1 fully saturated rings. The van der Waals surface area contributed by atoms with Crippen LogP contribution < -0.4 is 10.1 Å². The van der Waals surface area contributed by atoms with Crippen molar-refractivity contribution in [2.45, 2.75) is 18.9 Å². The minimum absolute atomic E-state index is 0.0569. The standard InChI is InChI=1S/C11H15NO/c1-2-11(8-12-9-11)13-10-6-4-3-5-7-10/h3-7,12H,2,8-9H2,1H3. The highest BCUT2D eigenvalue weighted by molar-refractivity contribution is 5.23. The van der Waals surface area contributed by atoms with Crippen LogP contribution in [0, 0.1) is 0 Å². The molecule has 0 aliphatic carbocycles. The molecule has 70 valence electrons. The SMILES string of the molecule is CCC1(Oc2ccccc2)CNC1. The zero-order valence-corrected chi connectivity index (χ0v) is 7.92. The lowest BCUT2D eigenvalue weighted by molar-refractivity contribution is 0.0129. The van der Waals surface area contributed by atoms with Crippen LogP contribution in [0.3, 0.4) is 0 Å². The molecular formula is C11H15NO. The normalized spacial score (nSPS) is 19.2. The highest BCUT2D eigenvalue weighted by Gasteiger charge is 2.37. The van der Waals surface area contributed by atoms with Crippen LogP contribution in [-0.4, -0.2) is 18.7 Å². The second-order valence-corrected chi connectivity index (χ2v) is 3.56. The van der Waals surface area contributed by atoms with Crippen LogP contribution in [0.25, 0.3) is 0 Å². The summed E-state index contributed by atoms with van der Waals surface area (Å²) in [5.41, 5.74) is 0.0569. The highest BCUT2D eigenvalue weighted by Crippen LogP contribution is 2.24. The maximum Gasteiger partial charge on any atom is 0.133 e. The van der Waals surface area contributed by atoms with E-state index in [1.807, 2.05) is 30.3 Å². The molecule has 0 aromatic heterocycles. The molecule has 1 saturated heterocycles. The summed E-state index contributed by atoms with van der Waals surface area (Å²) in [5.74, 6) is 0.978. The third-order valence-electron chi connectivity index (χ3n) is 2.62. The van der Waals surface area contributed by atoms with Crippen molar-refractivity contribution in [1.29, 1.82) is 0 Å². The Kier molecular flexibility index (Phi) is 2.23. The molecule has 1 aliphatic rings. The van der Waals surface area contributed by atoms with E-state index < -0.39 is 0 Å². The van der Waals surface area contributed by atoms with Crippen molar-refractivity contribution in [2.24, 2.45) is 0 Å². The topological polar surface area (TPSA) is 21.3 Å². The van der Waals surface area contributed by atoms with E-state index in [-0.39, 0.29) is 5.60 Å². The average Bonchev–Trinajstić information content (AvgIpc) is 2.13. The summed E-state index contributed by atoms with van der Waals surface area (Å²) in [6, 6.07) is 10.0. The van der Waals surface area contributed by atoms with E-state index >= 15 is 0 Å². The third kappa shape index (κ3) is 1.68. The Balaban J connectivity index is 2.05. The quantitative estimate of drug-likeness (QED) is 0.760. The van der Waals surface area contributed by atoms with Crippen LogP contribution in [0.2, 0.25) is 0 Å². The second-order valence-electron chi connectivity index (χ2n) is 3.56. The van der Waals surface area contributed by atoms with Gasteiger partial charge in [0.1, 0.15) is 11.4 Å². The molecule has 1 aromatic rings. The molecule has 1 aromatic carbocycles. The van der Waals surface area contributed by atoms with Gasteiger partial charge in [-0.1, -0.05) is 25.1 Å². The largest absolute Gasteiger partial charge is 0.485 e. The van der Waals surface area contributed by atoms with E-state index in [9.17, 15) is 0 Å². The lowest BCUT2D eigenvalue weighted by Gasteiger charge is -2.41. The Hall–Kier alpha value is -1.02. The van der Waals surface area contributed by atoms with Crippen LogP contribution in [0.5, 0.6) is 5.75 Å². The van der Waals surface area contributed by atoms with Crippen molar-refractivity contribution in [3.8, 4) is 5.75 Å². The van der Waals surface area contributed by atoms with E-state index in [4.69, 9.17) is 4.74 Å². The molecular weight excluding hydrogens is 162 g/mol. The van der Waals surface area contributed by atoms with Gasteiger partial charge in [0, 0.05) is 13.1 Å².